The van der Waals surface area contributed by atoms with Gasteiger partial charge in [0.25, 0.3) is 0 Å². The molecule has 2 rings (SSSR count). The summed E-state index contributed by atoms with van der Waals surface area (Å²) >= 11 is 6.13. The summed E-state index contributed by atoms with van der Waals surface area (Å²) < 4.78 is 19.3. The molecule has 4 heteroatoms. The molecule has 0 heterocycles. The minimum Gasteiger partial charge on any atom is -0.454 e. The minimum absolute atomic E-state index is 0.206. The van der Waals surface area contributed by atoms with Crippen LogP contribution in [0.15, 0.2) is 36.4 Å². The summed E-state index contributed by atoms with van der Waals surface area (Å²) in [6, 6.07) is 10.4. The molecular formula is C15H15ClFNO. The van der Waals surface area contributed by atoms with Gasteiger partial charge in [0, 0.05) is 11.6 Å². The van der Waals surface area contributed by atoms with Crippen molar-refractivity contribution in [1.82, 2.24) is 5.32 Å². The van der Waals surface area contributed by atoms with E-state index < -0.39 is 0 Å². The van der Waals surface area contributed by atoms with Gasteiger partial charge < -0.3 is 10.1 Å². The highest BCUT2D eigenvalue weighted by atomic mass is 35.5. The highest BCUT2D eigenvalue weighted by Crippen LogP contribution is 2.29. The summed E-state index contributed by atoms with van der Waals surface area (Å²) in [6.45, 7) is 2.38. The van der Waals surface area contributed by atoms with Crippen LogP contribution in [0.2, 0.25) is 5.02 Å². The van der Waals surface area contributed by atoms with Crippen LogP contribution in [-0.4, -0.2) is 7.05 Å². The van der Waals surface area contributed by atoms with Crippen LogP contribution in [0.3, 0.4) is 0 Å². The average Bonchev–Trinajstić information content (AvgIpc) is 2.38. The van der Waals surface area contributed by atoms with E-state index in [2.05, 4.69) is 5.32 Å². The minimum atomic E-state index is -0.349. The van der Waals surface area contributed by atoms with E-state index in [0.717, 1.165) is 5.56 Å². The summed E-state index contributed by atoms with van der Waals surface area (Å²) in [5.41, 5.74) is 1.52. The van der Waals surface area contributed by atoms with Crippen LogP contribution in [0.25, 0.3) is 0 Å². The maximum absolute atomic E-state index is 13.8. The van der Waals surface area contributed by atoms with Gasteiger partial charge in [-0.05, 0) is 43.3 Å². The van der Waals surface area contributed by atoms with Crippen LogP contribution < -0.4 is 10.1 Å². The lowest BCUT2D eigenvalue weighted by Gasteiger charge is -2.10. The lowest BCUT2D eigenvalue weighted by Crippen LogP contribution is -2.05. The molecule has 0 aromatic heterocycles. The molecule has 0 amide bonds. The number of hydrogen-bond acceptors (Lipinski definition) is 2. The number of benzene rings is 2. The first-order valence-corrected chi connectivity index (χ1v) is 6.35. The molecule has 2 aromatic carbocycles. The van der Waals surface area contributed by atoms with Crippen molar-refractivity contribution in [3.63, 3.8) is 0 Å². The van der Waals surface area contributed by atoms with Gasteiger partial charge in [-0.15, -0.1) is 0 Å². The Morgan fingerprint density at radius 2 is 2.05 bits per heavy atom. The van der Waals surface area contributed by atoms with E-state index in [1.54, 1.807) is 37.3 Å². The van der Waals surface area contributed by atoms with Crippen molar-refractivity contribution in [3.8, 4) is 11.5 Å². The van der Waals surface area contributed by atoms with Crippen molar-refractivity contribution < 1.29 is 9.13 Å². The number of rotatable bonds is 4. The Hall–Kier alpha value is -1.58. The van der Waals surface area contributed by atoms with Gasteiger partial charge in [0.15, 0.2) is 11.6 Å². The predicted octanol–water partition coefficient (Wildman–Crippen LogP) is 4.30. The van der Waals surface area contributed by atoms with E-state index in [-0.39, 0.29) is 11.6 Å². The van der Waals surface area contributed by atoms with Crippen LogP contribution in [0.1, 0.15) is 11.1 Å². The predicted molar refractivity (Wildman–Crippen MR) is 75.4 cm³/mol. The Bertz CT molecular complexity index is 586. The average molecular weight is 280 g/mol. The number of halogens is 2. The zero-order chi connectivity index (χ0) is 13.8. The van der Waals surface area contributed by atoms with Gasteiger partial charge in [-0.2, -0.15) is 0 Å². The molecule has 19 heavy (non-hydrogen) atoms. The Morgan fingerprint density at radius 3 is 2.74 bits per heavy atom. The van der Waals surface area contributed by atoms with Gasteiger partial charge in [0.2, 0.25) is 0 Å². The fourth-order valence-electron chi connectivity index (χ4n) is 1.75. The molecule has 0 aliphatic rings. The Morgan fingerprint density at radius 1 is 1.26 bits per heavy atom. The van der Waals surface area contributed by atoms with E-state index in [4.69, 9.17) is 16.3 Å². The van der Waals surface area contributed by atoms with Crippen molar-refractivity contribution in [2.24, 2.45) is 0 Å². The third kappa shape index (κ3) is 3.25. The number of hydrogen-bond donors (Lipinski definition) is 1. The molecule has 0 saturated carbocycles. The standard InChI is InChI=1S/C15H15ClFNO/c1-10-4-3-5-14(15(10)17)19-12-7-6-11(9-18-2)13(16)8-12/h3-8,18H,9H2,1-2H3. The van der Waals surface area contributed by atoms with Crippen LogP contribution in [0.4, 0.5) is 4.39 Å². The van der Waals surface area contributed by atoms with Gasteiger partial charge in [-0.1, -0.05) is 29.8 Å². The fraction of sp³-hybridized carbons (Fsp3) is 0.200. The molecule has 0 unspecified atom stereocenters. The second-order valence-corrected chi connectivity index (χ2v) is 4.68. The molecule has 0 atom stereocenters. The third-order valence-corrected chi connectivity index (χ3v) is 3.13. The maximum Gasteiger partial charge on any atom is 0.168 e. The lowest BCUT2D eigenvalue weighted by atomic mass is 10.2. The second kappa shape index (κ2) is 6.04. The molecule has 2 nitrogen and oxygen atoms in total. The van der Waals surface area contributed by atoms with Crippen LogP contribution in [-0.2, 0) is 6.54 Å². The van der Waals surface area contributed by atoms with Gasteiger partial charge in [0.05, 0.1) is 0 Å². The second-order valence-electron chi connectivity index (χ2n) is 4.27. The topological polar surface area (TPSA) is 21.3 Å². The molecule has 0 fully saturated rings. The van der Waals surface area contributed by atoms with Gasteiger partial charge >= 0.3 is 0 Å². The van der Waals surface area contributed by atoms with Gasteiger partial charge in [-0.3, -0.25) is 0 Å². The molecule has 100 valence electrons. The first-order valence-electron chi connectivity index (χ1n) is 5.98. The van der Waals surface area contributed by atoms with Gasteiger partial charge in [0.1, 0.15) is 5.75 Å². The highest BCUT2D eigenvalue weighted by Gasteiger charge is 2.08. The van der Waals surface area contributed by atoms with Crippen molar-refractivity contribution in [2.45, 2.75) is 13.5 Å². The highest BCUT2D eigenvalue weighted by molar-refractivity contribution is 6.31. The van der Waals surface area contributed by atoms with Crippen molar-refractivity contribution >= 4 is 11.6 Å². The molecule has 0 aliphatic carbocycles. The molecular weight excluding hydrogens is 265 g/mol. The molecule has 0 radical (unpaired) electrons. The number of nitrogens with one attached hydrogen (secondary N) is 1. The number of ether oxygens (including phenoxy) is 1. The fourth-order valence-corrected chi connectivity index (χ4v) is 1.99. The first kappa shape index (κ1) is 13.8. The lowest BCUT2D eigenvalue weighted by molar-refractivity contribution is 0.440. The molecule has 0 saturated heterocycles. The van der Waals surface area contributed by atoms with Gasteiger partial charge in [-0.25, -0.2) is 4.39 Å². The zero-order valence-corrected chi connectivity index (χ0v) is 11.6. The maximum atomic E-state index is 13.8. The molecule has 2 aromatic rings. The van der Waals surface area contributed by atoms with E-state index in [1.807, 2.05) is 13.1 Å². The van der Waals surface area contributed by atoms with Crippen LogP contribution >= 0.6 is 11.6 Å². The molecule has 0 aliphatic heterocycles. The zero-order valence-electron chi connectivity index (χ0n) is 10.8. The SMILES string of the molecule is CNCc1ccc(Oc2cccc(C)c2F)cc1Cl. The largest absolute Gasteiger partial charge is 0.454 e. The van der Waals surface area contributed by atoms with Crippen LogP contribution in [0.5, 0.6) is 11.5 Å². The van der Waals surface area contributed by atoms with Crippen LogP contribution in [0, 0.1) is 12.7 Å². The summed E-state index contributed by atoms with van der Waals surface area (Å²) in [4.78, 5) is 0. The summed E-state index contributed by atoms with van der Waals surface area (Å²) in [6.07, 6.45) is 0. The normalized spacial score (nSPS) is 10.5. The Balaban J connectivity index is 2.24. The summed E-state index contributed by atoms with van der Waals surface area (Å²) in [5, 5.41) is 3.62. The van der Waals surface area contributed by atoms with Crippen molar-refractivity contribution in [1.29, 1.82) is 0 Å². The van der Waals surface area contributed by atoms with E-state index in [1.165, 1.54) is 0 Å². The third-order valence-electron chi connectivity index (χ3n) is 2.78. The first-order chi connectivity index (χ1) is 9.11. The Labute approximate surface area is 117 Å². The van der Waals surface area contributed by atoms with E-state index >= 15 is 0 Å². The molecule has 0 spiro atoms. The quantitative estimate of drug-likeness (QED) is 0.901. The molecule has 1 N–H and O–H groups in total. The summed E-state index contributed by atoms with van der Waals surface area (Å²) in [7, 11) is 1.85. The van der Waals surface area contributed by atoms with Crippen molar-refractivity contribution in [2.75, 3.05) is 7.05 Å². The van der Waals surface area contributed by atoms with Crippen molar-refractivity contribution in [3.05, 3.63) is 58.4 Å². The van der Waals surface area contributed by atoms with E-state index in [9.17, 15) is 4.39 Å². The monoisotopic (exact) mass is 279 g/mol. The van der Waals surface area contributed by atoms with E-state index in [0.29, 0.717) is 22.9 Å². The number of aryl methyl sites for hydroxylation is 1. The molecule has 0 bridgehead atoms. The Kier molecular flexibility index (Phi) is 4.40. The summed E-state index contributed by atoms with van der Waals surface area (Å²) in [5.74, 6) is 0.379. The smallest absolute Gasteiger partial charge is 0.168 e.